The highest BCUT2D eigenvalue weighted by Gasteiger charge is 2.49. The standard InChI is InChI=1S/C17H28N2S/c1-6-7-18-12-9-16(2,3)10-13-14(12)20-15(19-13)11-8-17(11,4)5/h11-12,18H,6-10H2,1-5H3. The Morgan fingerprint density at radius 3 is 2.55 bits per heavy atom. The van der Waals surface area contributed by atoms with Gasteiger partial charge in [0, 0.05) is 16.8 Å². The molecule has 2 nitrogen and oxygen atoms in total. The van der Waals surface area contributed by atoms with Gasteiger partial charge < -0.3 is 5.32 Å². The number of nitrogens with zero attached hydrogens (tertiary/aromatic N) is 1. The van der Waals surface area contributed by atoms with Crippen molar-refractivity contribution in [1.82, 2.24) is 10.3 Å². The van der Waals surface area contributed by atoms with Gasteiger partial charge in [-0.25, -0.2) is 4.98 Å². The van der Waals surface area contributed by atoms with Crippen molar-refractivity contribution in [3.63, 3.8) is 0 Å². The maximum atomic E-state index is 5.04. The summed E-state index contributed by atoms with van der Waals surface area (Å²) in [5, 5.41) is 5.15. The molecule has 1 heterocycles. The molecule has 2 aliphatic carbocycles. The molecule has 0 aliphatic heterocycles. The molecular weight excluding hydrogens is 264 g/mol. The maximum absolute atomic E-state index is 5.04. The van der Waals surface area contributed by atoms with E-state index in [-0.39, 0.29) is 0 Å². The van der Waals surface area contributed by atoms with Gasteiger partial charge in [-0.3, -0.25) is 0 Å². The Balaban J connectivity index is 1.87. The van der Waals surface area contributed by atoms with Gasteiger partial charge in [0.1, 0.15) is 0 Å². The van der Waals surface area contributed by atoms with E-state index < -0.39 is 0 Å². The van der Waals surface area contributed by atoms with Crippen molar-refractivity contribution in [2.75, 3.05) is 6.54 Å². The van der Waals surface area contributed by atoms with Crippen LogP contribution < -0.4 is 5.32 Å². The first-order valence-electron chi connectivity index (χ1n) is 8.05. The molecule has 112 valence electrons. The fourth-order valence-electron chi connectivity index (χ4n) is 3.47. The summed E-state index contributed by atoms with van der Waals surface area (Å²) in [7, 11) is 0. The Morgan fingerprint density at radius 2 is 1.95 bits per heavy atom. The smallest absolute Gasteiger partial charge is 0.0968 e. The summed E-state index contributed by atoms with van der Waals surface area (Å²) in [6, 6.07) is 0.529. The molecule has 2 aliphatic rings. The summed E-state index contributed by atoms with van der Waals surface area (Å²) in [6.45, 7) is 12.9. The van der Waals surface area contributed by atoms with Crippen molar-refractivity contribution < 1.29 is 0 Å². The number of fused-ring (bicyclic) bond motifs is 1. The second kappa shape index (κ2) is 4.81. The third-order valence-electron chi connectivity index (χ3n) is 4.92. The summed E-state index contributed by atoms with van der Waals surface area (Å²) < 4.78 is 0. The van der Waals surface area contributed by atoms with Crippen molar-refractivity contribution in [1.29, 1.82) is 0 Å². The van der Waals surface area contributed by atoms with Crippen LogP contribution in [0.5, 0.6) is 0 Å². The number of hydrogen-bond donors (Lipinski definition) is 1. The Morgan fingerprint density at radius 1 is 1.25 bits per heavy atom. The highest BCUT2D eigenvalue weighted by molar-refractivity contribution is 7.12. The van der Waals surface area contributed by atoms with E-state index in [2.05, 4.69) is 39.9 Å². The SMILES string of the molecule is CCCNC1CC(C)(C)Cc2nc(C3CC3(C)C)sc21. The second-order valence-corrected chi connectivity index (χ2v) is 9.22. The van der Waals surface area contributed by atoms with Crippen molar-refractivity contribution in [2.45, 2.75) is 72.3 Å². The van der Waals surface area contributed by atoms with E-state index in [0.29, 0.717) is 22.8 Å². The number of rotatable bonds is 4. The van der Waals surface area contributed by atoms with Crippen LogP contribution in [0.15, 0.2) is 0 Å². The highest BCUT2D eigenvalue weighted by Crippen LogP contribution is 2.60. The fraction of sp³-hybridized carbons (Fsp3) is 0.824. The van der Waals surface area contributed by atoms with Gasteiger partial charge in [0.05, 0.1) is 10.7 Å². The van der Waals surface area contributed by atoms with Gasteiger partial charge in [0.15, 0.2) is 0 Å². The van der Waals surface area contributed by atoms with E-state index in [4.69, 9.17) is 4.98 Å². The van der Waals surface area contributed by atoms with Gasteiger partial charge in [-0.2, -0.15) is 0 Å². The molecule has 1 saturated carbocycles. The largest absolute Gasteiger partial charge is 0.309 e. The first-order valence-corrected chi connectivity index (χ1v) is 8.87. The molecule has 0 saturated heterocycles. The van der Waals surface area contributed by atoms with E-state index in [1.807, 2.05) is 11.3 Å². The number of nitrogens with one attached hydrogen (secondary N) is 1. The molecule has 0 bridgehead atoms. The van der Waals surface area contributed by atoms with E-state index >= 15 is 0 Å². The monoisotopic (exact) mass is 292 g/mol. The lowest BCUT2D eigenvalue weighted by Crippen LogP contribution is -2.33. The zero-order valence-corrected chi connectivity index (χ0v) is 14.4. The van der Waals surface area contributed by atoms with Crippen LogP contribution in [0.4, 0.5) is 0 Å². The van der Waals surface area contributed by atoms with E-state index in [0.717, 1.165) is 13.0 Å². The van der Waals surface area contributed by atoms with Crippen molar-refractivity contribution in [3.8, 4) is 0 Å². The van der Waals surface area contributed by atoms with E-state index in [9.17, 15) is 0 Å². The average molecular weight is 292 g/mol. The second-order valence-electron chi connectivity index (χ2n) is 8.16. The predicted molar refractivity (Wildman–Crippen MR) is 86.4 cm³/mol. The summed E-state index contributed by atoms with van der Waals surface area (Å²) in [4.78, 5) is 6.58. The van der Waals surface area contributed by atoms with Crippen LogP contribution in [-0.2, 0) is 6.42 Å². The molecule has 3 heteroatoms. The highest BCUT2D eigenvalue weighted by atomic mass is 32.1. The molecule has 0 spiro atoms. The lowest BCUT2D eigenvalue weighted by atomic mass is 9.76. The van der Waals surface area contributed by atoms with Crippen LogP contribution >= 0.6 is 11.3 Å². The van der Waals surface area contributed by atoms with Gasteiger partial charge in [0.25, 0.3) is 0 Å². The quantitative estimate of drug-likeness (QED) is 0.872. The lowest BCUT2D eigenvalue weighted by molar-refractivity contribution is 0.258. The van der Waals surface area contributed by atoms with Crippen LogP contribution in [0.2, 0.25) is 0 Å². The molecule has 1 aromatic rings. The minimum Gasteiger partial charge on any atom is -0.309 e. The normalized spacial score (nSPS) is 30.1. The minimum absolute atomic E-state index is 0.378. The summed E-state index contributed by atoms with van der Waals surface area (Å²) in [5.41, 5.74) is 2.25. The van der Waals surface area contributed by atoms with E-state index in [1.165, 1.54) is 34.8 Å². The van der Waals surface area contributed by atoms with Gasteiger partial charge in [-0.05, 0) is 43.1 Å². The van der Waals surface area contributed by atoms with Crippen molar-refractivity contribution >= 4 is 11.3 Å². The number of hydrogen-bond acceptors (Lipinski definition) is 3. The molecule has 2 unspecified atom stereocenters. The minimum atomic E-state index is 0.378. The van der Waals surface area contributed by atoms with Crippen LogP contribution in [0.25, 0.3) is 0 Å². The lowest BCUT2D eigenvalue weighted by Gasteiger charge is -2.34. The van der Waals surface area contributed by atoms with Gasteiger partial charge in [-0.1, -0.05) is 34.6 Å². The van der Waals surface area contributed by atoms with Crippen LogP contribution in [0.1, 0.15) is 81.4 Å². The molecule has 0 radical (unpaired) electrons. The van der Waals surface area contributed by atoms with Crippen LogP contribution in [0.3, 0.4) is 0 Å². The Kier molecular flexibility index (Phi) is 3.49. The number of thiazole rings is 1. The molecule has 0 amide bonds. The van der Waals surface area contributed by atoms with Crippen molar-refractivity contribution in [2.24, 2.45) is 10.8 Å². The first-order chi connectivity index (χ1) is 9.32. The van der Waals surface area contributed by atoms with Gasteiger partial charge in [-0.15, -0.1) is 11.3 Å². The first kappa shape index (κ1) is 14.5. The third-order valence-corrected chi connectivity index (χ3v) is 6.24. The average Bonchev–Trinajstić information content (AvgIpc) is 2.80. The molecule has 0 aromatic carbocycles. The molecule has 1 fully saturated rings. The topological polar surface area (TPSA) is 24.9 Å². The third kappa shape index (κ3) is 2.67. The summed E-state index contributed by atoms with van der Waals surface area (Å²) >= 11 is 1.99. The Labute approximate surface area is 127 Å². The summed E-state index contributed by atoms with van der Waals surface area (Å²) in [6.07, 6.45) is 4.91. The molecular formula is C17H28N2S. The van der Waals surface area contributed by atoms with Crippen LogP contribution in [-0.4, -0.2) is 11.5 Å². The predicted octanol–water partition coefficient (Wildman–Crippen LogP) is 4.67. The maximum Gasteiger partial charge on any atom is 0.0968 e. The van der Waals surface area contributed by atoms with Gasteiger partial charge >= 0.3 is 0 Å². The Hall–Kier alpha value is -0.410. The zero-order valence-electron chi connectivity index (χ0n) is 13.5. The Bertz CT molecular complexity index is 501. The molecule has 3 rings (SSSR count). The zero-order chi connectivity index (χ0) is 14.5. The molecule has 20 heavy (non-hydrogen) atoms. The molecule has 2 atom stereocenters. The van der Waals surface area contributed by atoms with Crippen molar-refractivity contribution in [3.05, 3.63) is 15.6 Å². The van der Waals surface area contributed by atoms with Crippen LogP contribution in [0, 0.1) is 10.8 Å². The van der Waals surface area contributed by atoms with E-state index in [1.54, 1.807) is 0 Å². The number of aromatic nitrogens is 1. The molecule has 1 aromatic heterocycles. The van der Waals surface area contributed by atoms with Gasteiger partial charge in [0.2, 0.25) is 0 Å². The summed E-state index contributed by atoms with van der Waals surface area (Å²) in [5.74, 6) is 0.716. The fourth-order valence-corrected chi connectivity index (χ4v) is 4.94. The molecule has 1 N–H and O–H groups in total.